The first-order chi connectivity index (χ1) is 14.3. The van der Waals surface area contributed by atoms with Crippen LogP contribution in [0.5, 0.6) is 0 Å². The first-order valence-corrected chi connectivity index (χ1v) is 10.6. The maximum atomic E-state index is 11.7. The van der Waals surface area contributed by atoms with Crippen molar-refractivity contribution in [2.24, 2.45) is 0 Å². The molecule has 2 aromatic heterocycles. The normalized spacial score (nSPS) is 12.1. The van der Waals surface area contributed by atoms with Gasteiger partial charge in [0.2, 0.25) is 11.8 Å². The van der Waals surface area contributed by atoms with Crippen molar-refractivity contribution in [1.29, 1.82) is 0 Å². The highest BCUT2D eigenvalue weighted by molar-refractivity contribution is 7.86. The summed E-state index contributed by atoms with van der Waals surface area (Å²) >= 11 is 0. The third-order valence-corrected chi connectivity index (χ3v) is 5.67. The molecule has 0 saturated heterocycles. The van der Waals surface area contributed by atoms with E-state index >= 15 is 0 Å². The zero-order chi connectivity index (χ0) is 21.0. The van der Waals surface area contributed by atoms with Gasteiger partial charge in [-0.2, -0.15) is 8.42 Å². The van der Waals surface area contributed by atoms with Crippen molar-refractivity contribution >= 4 is 32.3 Å². The maximum absolute atomic E-state index is 11.7. The van der Waals surface area contributed by atoms with E-state index in [1.807, 2.05) is 37.3 Å². The minimum atomic E-state index is -4.42. The summed E-state index contributed by atoms with van der Waals surface area (Å²) in [5.41, 5.74) is 5.06. The molecular weight excluding hydrogens is 404 g/mol. The predicted octanol–water partition coefficient (Wildman–Crippen LogP) is 5.17. The van der Waals surface area contributed by atoms with Crippen molar-refractivity contribution in [2.45, 2.75) is 18.7 Å². The van der Waals surface area contributed by atoms with Gasteiger partial charge in [0.15, 0.2) is 11.2 Å². The number of benzene rings is 3. The first kappa shape index (κ1) is 18.5. The number of nitrogens with zero attached hydrogens (tertiary/aromatic N) is 2. The van der Waals surface area contributed by atoms with Gasteiger partial charge in [0, 0.05) is 11.1 Å². The van der Waals surface area contributed by atoms with Crippen molar-refractivity contribution < 1.29 is 21.8 Å². The summed E-state index contributed by atoms with van der Waals surface area (Å²) in [6.07, 6.45) is 0. The Balaban J connectivity index is 1.56. The molecule has 30 heavy (non-hydrogen) atoms. The Kier molecular flexibility index (Phi) is 4.02. The molecule has 0 unspecified atom stereocenters. The highest BCUT2D eigenvalue weighted by Gasteiger charge is 2.20. The first-order valence-electron chi connectivity index (χ1n) is 9.15. The smallest absolute Gasteiger partial charge is 0.296 e. The monoisotopic (exact) mass is 420 g/mol. The Bertz CT molecular complexity index is 1530. The Morgan fingerprint density at radius 3 is 2.03 bits per heavy atom. The van der Waals surface area contributed by atoms with Crippen molar-refractivity contribution in [1.82, 2.24) is 9.97 Å². The highest BCUT2D eigenvalue weighted by Crippen LogP contribution is 2.31. The fourth-order valence-corrected chi connectivity index (χ4v) is 4.09. The zero-order valence-electron chi connectivity index (χ0n) is 16.1. The number of rotatable bonds is 3. The Labute approximate surface area is 171 Å². The van der Waals surface area contributed by atoms with E-state index in [2.05, 4.69) is 9.97 Å². The van der Waals surface area contributed by atoms with E-state index in [1.54, 1.807) is 25.1 Å². The van der Waals surface area contributed by atoms with Crippen molar-refractivity contribution in [3.8, 4) is 22.9 Å². The number of hydrogen-bond acceptors (Lipinski definition) is 6. The summed E-state index contributed by atoms with van der Waals surface area (Å²) in [5, 5.41) is 0. The number of hydrogen-bond donors (Lipinski definition) is 1. The van der Waals surface area contributed by atoms with Crippen LogP contribution in [0.2, 0.25) is 0 Å². The van der Waals surface area contributed by atoms with Crippen molar-refractivity contribution in [3.05, 3.63) is 65.7 Å². The van der Waals surface area contributed by atoms with E-state index < -0.39 is 10.1 Å². The van der Waals surface area contributed by atoms with E-state index in [1.165, 1.54) is 6.07 Å². The van der Waals surface area contributed by atoms with Crippen LogP contribution in [0.15, 0.2) is 68.3 Å². The molecule has 0 aliphatic carbocycles. The molecule has 2 heterocycles. The highest BCUT2D eigenvalue weighted by atomic mass is 32.2. The lowest BCUT2D eigenvalue weighted by Gasteiger charge is -1.98. The fourth-order valence-electron chi connectivity index (χ4n) is 3.36. The van der Waals surface area contributed by atoms with Gasteiger partial charge in [-0.15, -0.1) is 0 Å². The van der Waals surface area contributed by atoms with E-state index in [4.69, 9.17) is 8.83 Å². The summed E-state index contributed by atoms with van der Waals surface area (Å²) < 4.78 is 44.5. The standard InChI is InChI=1S/C22H16N2O5S/c1-12-3-8-16-17(9-12)28-21(23-16)14-4-6-15(7-5-14)22-24-20-18(29-22)10-13(2)11-19(20)30(25,26)27/h3-11H,1-2H3,(H,25,26,27). The lowest BCUT2D eigenvalue weighted by molar-refractivity contribution is 0.484. The quantitative estimate of drug-likeness (QED) is 0.401. The summed E-state index contributed by atoms with van der Waals surface area (Å²) in [6.45, 7) is 3.71. The number of aryl methyl sites for hydroxylation is 2. The summed E-state index contributed by atoms with van der Waals surface area (Å²) in [6, 6.07) is 16.1. The molecule has 0 aliphatic rings. The molecule has 7 nitrogen and oxygen atoms in total. The SMILES string of the molecule is Cc1ccc2nc(-c3ccc(-c4nc5c(S(=O)(=O)O)cc(C)cc5o4)cc3)oc2c1. The molecule has 0 spiro atoms. The van der Waals surface area contributed by atoms with E-state index in [9.17, 15) is 13.0 Å². The minimum Gasteiger partial charge on any atom is -0.436 e. The minimum absolute atomic E-state index is 0.0940. The van der Waals surface area contributed by atoms with Crippen LogP contribution in [-0.2, 0) is 10.1 Å². The lowest BCUT2D eigenvalue weighted by atomic mass is 10.1. The van der Waals surface area contributed by atoms with Crippen LogP contribution in [0, 0.1) is 13.8 Å². The number of fused-ring (bicyclic) bond motifs is 2. The Morgan fingerprint density at radius 1 is 0.767 bits per heavy atom. The molecule has 3 aromatic carbocycles. The molecule has 0 atom stereocenters. The molecule has 0 saturated carbocycles. The van der Waals surface area contributed by atoms with Gasteiger partial charge in [-0.05, 0) is 73.5 Å². The molecule has 8 heteroatoms. The fraction of sp³-hybridized carbons (Fsp3) is 0.0909. The van der Waals surface area contributed by atoms with Gasteiger partial charge in [-0.25, -0.2) is 9.97 Å². The molecule has 5 rings (SSSR count). The summed E-state index contributed by atoms with van der Waals surface area (Å²) in [7, 11) is -4.42. The average molecular weight is 420 g/mol. The third-order valence-electron chi connectivity index (χ3n) is 4.80. The van der Waals surface area contributed by atoms with Crippen molar-refractivity contribution in [3.63, 3.8) is 0 Å². The van der Waals surface area contributed by atoms with Crippen LogP contribution in [0.25, 0.3) is 45.1 Å². The molecule has 0 amide bonds. The lowest BCUT2D eigenvalue weighted by Crippen LogP contribution is -1.99. The molecule has 150 valence electrons. The number of aromatic nitrogens is 2. The second kappa shape index (κ2) is 6.51. The van der Waals surface area contributed by atoms with E-state index in [-0.39, 0.29) is 21.9 Å². The Morgan fingerprint density at radius 2 is 1.37 bits per heavy atom. The number of oxazole rings is 2. The molecular formula is C22H16N2O5S. The van der Waals surface area contributed by atoms with Crippen LogP contribution < -0.4 is 0 Å². The van der Waals surface area contributed by atoms with Crippen LogP contribution in [0.3, 0.4) is 0 Å². The van der Waals surface area contributed by atoms with Gasteiger partial charge in [-0.3, -0.25) is 4.55 Å². The second-order valence-corrected chi connectivity index (χ2v) is 8.56. The molecule has 0 fully saturated rings. The summed E-state index contributed by atoms with van der Waals surface area (Å²) in [5.74, 6) is 0.754. The maximum Gasteiger partial charge on any atom is 0.296 e. The Hall–Kier alpha value is -3.49. The summed E-state index contributed by atoms with van der Waals surface area (Å²) in [4.78, 5) is 8.53. The topological polar surface area (TPSA) is 106 Å². The van der Waals surface area contributed by atoms with Crippen LogP contribution in [-0.4, -0.2) is 22.9 Å². The van der Waals surface area contributed by atoms with E-state index in [0.29, 0.717) is 17.0 Å². The van der Waals surface area contributed by atoms with E-state index in [0.717, 1.165) is 22.2 Å². The second-order valence-electron chi connectivity index (χ2n) is 7.17. The zero-order valence-corrected chi connectivity index (χ0v) is 16.9. The van der Waals surface area contributed by atoms with Crippen molar-refractivity contribution in [2.75, 3.05) is 0 Å². The van der Waals surface area contributed by atoms with Crippen LogP contribution >= 0.6 is 0 Å². The molecule has 1 N–H and O–H groups in total. The molecule has 0 radical (unpaired) electrons. The van der Waals surface area contributed by atoms with Gasteiger partial charge < -0.3 is 8.83 Å². The molecule has 0 bridgehead atoms. The largest absolute Gasteiger partial charge is 0.436 e. The van der Waals surface area contributed by atoms with Gasteiger partial charge in [0.1, 0.15) is 15.9 Å². The predicted molar refractivity (Wildman–Crippen MR) is 112 cm³/mol. The third kappa shape index (κ3) is 3.16. The average Bonchev–Trinajstić information content (AvgIpc) is 3.30. The van der Waals surface area contributed by atoms with Crippen LogP contribution in [0.4, 0.5) is 0 Å². The van der Waals surface area contributed by atoms with Crippen LogP contribution in [0.1, 0.15) is 11.1 Å². The van der Waals surface area contributed by atoms with Gasteiger partial charge in [0.05, 0.1) is 0 Å². The van der Waals surface area contributed by atoms with Gasteiger partial charge >= 0.3 is 0 Å². The molecule has 5 aromatic rings. The van der Waals surface area contributed by atoms with Gasteiger partial charge in [-0.1, -0.05) is 6.07 Å². The molecule has 0 aliphatic heterocycles. The van der Waals surface area contributed by atoms with Gasteiger partial charge in [0.25, 0.3) is 10.1 Å².